The summed E-state index contributed by atoms with van der Waals surface area (Å²) in [4.78, 5) is 14.9. The Hall–Kier alpha value is -4.21. The first-order valence-electron chi connectivity index (χ1n) is 11.0. The minimum Gasteiger partial charge on any atom is -0.489 e. The first-order chi connectivity index (χ1) is 17.0. The van der Waals surface area contributed by atoms with E-state index in [4.69, 9.17) is 4.74 Å². The Morgan fingerprint density at radius 2 is 1.83 bits per heavy atom. The van der Waals surface area contributed by atoms with Crippen LogP contribution in [0.25, 0.3) is 11.1 Å². The predicted octanol–water partition coefficient (Wildman–Crippen LogP) is 4.84. The van der Waals surface area contributed by atoms with Crippen molar-refractivity contribution in [2.75, 3.05) is 6.54 Å². The standard InChI is InChI=1S/C25H20F3N5O2/c26-20-13-22(28)21(27)12-19(20)16-6-8-18(9-7-16)35-14-15-3-1-4-17(11-15)25(34)33-10-2-5-23(33)24-29-31-32-30-24/h1,3-4,6-9,11-13,23H,2,5,10,14H2,(H,29,30,31,32). The second-order valence-corrected chi connectivity index (χ2v) is 8.20. The SMILES string of the molecule is O=C(c1cccc(COc2ccc(-c3cc(F)c(F)cc3F)cc2)c1)N1CCCC1c1nnn[nH]1. The first kappa shape index (κ1) is 22.6. The Morgan fingerprint density at radius 1 is 1.03 bits per heavy atom. The van der Waals surface area contributed by atoms with E-state index >= 15 is 0 Å². The summed E-state index contributed by atoms with van der Waals surface area (Å²) < 4.78 is 46.5. The van der Waals surface area contributed by atoms with Gasteiger partial charge in [0.15, 0.2) is 17.5 Å². The zero-order chi connectivity index (χ0) is 24.4. The molecule has 1 amide bonds. The molecule has 3 aromatic carbocycles. The largest absolute Gasteiger partial charge is 0.489 e. The van der Waals surface area contributed by atoms with Crippen molar-refractivity contribution in [3.05, 3.63) is 95.1 Å². The number of aromatic amines is 1. The van der Waals surface area contributed by atoms with E-state index in [2.05, 4.69) is 20.6 Å². The molecule has 0 bridgehead atoms. The maximum Gasteiger partial charge on any atom is 0.254 e. The summed E-state index contributed by atoms with van der Waals surface area (Å²) in [5, 5.41) is 13.9. The predicted molar refractivity (Wildman–Crippen MR) is 120 cm³/mol. The van der Waals surface area contributed by atoms with Gasteiger partial charge in [0, 0.05) is 23.7 Å². The molecule has 1 fully saturated rings. The van der Waals surface area contributed by atoms with Gasteiger partial charge in [-0.2, -0.15) is 0 Å². The van der Waals surface area contributed by atoms with Crippen LogP contribution in [-0.2, 0) is 6.61 Å². The van der Waals surface area contributed by atoms with Crippen LogP contribution in [0.4, 0.5) is 13.2 Å². The van der Waals surface area contributed by atoms with Gasteiger partial charge in [-0.25, -0.2) is 18.3 Å². The number of carbonyl (C=O) groups excluding carboxylic acids is 1. The highest BCUT2D eigenvalue weighted by atomic mass is 19.2. The fourth-order valence-electron chi connectivity index (χ4n) is 4.20. The molecule has 1 unspecified atom stereocenters. The van der Waals surface area contributed by atoms with E-state index in [0.29, 0.717) is 35.3 Å². The van der Waals surface area contributed by atoms with Crippen LogP contribution in [0, 0.1) is 17.5 Å². The highest BCUT2D eigenvalue weighted by Gasteiger charge is 2.32. The molecular weight excluding hydrogens is 459 g/mol. The van der Waals surface area contributed by atoms with Crippen molar-refractivity contribution in [1.82, 2.24) is 25.5 Å². The Bertz CT molecular complexity index is 1350. The van der Waals surface area contributed by atoms with E-state index in [1.807, 2.05) is 6.07 Å². The van der Waals surface area contributed by atoms with Crippen LogP contribution >= 0.6 is 0 Å². The van der Waals surface area contributed by atoms with Crippen LogP contribution in [-0.4, -0.2) is 38.0 Å². The monoisotopic (exact) mass is 479 g/mol. The van der Waals surface area contributed by atoms with E-state index in [1.54, 1.807) is 47.4 Å². The minimum absolute atomic E-state index is 0.0389. The Labute approximate surface area is 198 Å². The molecule has 4 aromatic rings. The third-order valence-corrected chi connectivity index (χ3v) is 5.95. The quantitative estimate of drug-likeness (QED) is 0.400. The lowest BCUT2D eigenvalue weighted by Crippen LogP contribution is -2.31. The molecule has 35 heavy (non-hydrogen) atoms. The van der Waals surface area contributed by atoms with Crippen molar-refractivity contribution in [2.24, 2.45) is 0 Å². The minimum atomic E-state index is -1.23. The zero-order valence-corrected chi connectivity index (χ0v) is 18.4. The molecule has 0 radical (unpaired) electrons. The number of likely N-dealkylation sites (tertiary alicyclic amines) is 1. The molecule has 0 aliphatic carbocycles. The van der Waals surface area contributed by atoms with Crippen LogP contribution < -0.4 is 4.74 Å². The lowest BCUT2D eigenvalue weighted by Gasteiger charge is -2.22. The van der Waals surface area contributed by atoms with Gasteiger partial charge >= 0.3 is 0 Å². The molecule has 1 aliphatic heterocycles. The summed E-state index contributed by atoms with van der Waals surface area (Å²) >= 11 is 0. The molecule has 1 aromatic heterocycles. The van der Waals surface area contributed by atoms with Crippen molar-refractivity contribution in [3.8, 4) is 16.9 Å². The van der Waals surface area contributed by atoms with E-state index < -0.39 is 17.5 Å². The third kappa shape index (κ3) is 4.72. The van der Waals surface area contributed by atoms with Crippen molar-refractivity contribution < 1.29 is 22.7 Å². The molecule has 178 valence electrons. The number of hydrogen-bond donors (Lipinski definition) is 1. The number of ether oxygens (including phenoxy) is 1. The summed E-state index contributed by atoms with van der Waals surface area (Å²) in [5.41, 5.74) is 1.68. The van der Waals surface area contributed by atoms with Gasteiger partial charge in [-0.1, -0.05) is 24.3 Å². The zero-order valence-electron chi connectivity index (χ0n) is 18.4. The normalized spacial score (nSPS) is 15.4. The van der Waals surface area contributed by atoms with Crippen LogP contribution in [0.3, 0.4) is 0 Å². The summed E-state index contributed by atoms with van der Waals surface area (Å²) in [5.74, 6) is -2.23. The molecular formula is C25H20F3N5O2. The lowest BCUT2D eigenvalue weighted by atomic mass is 10.0. The number of halogens is 3. The van der Waals surface area contributed by atoms with Crippen molar-refractivity contribution in [3.63, 3.8) is 0 Å². The second-order valence-electron chi connectivity index (χ2n) is 8.20. The summed E-state index contributed by atoms with van der Waals surface area (Å²) in [6, 6.07) is 14.7. The van der Waals surface area contributed by atoms with Gasteiger partial charge in [0.1, 0.15) is 18.2 Å². The number of benzene rings is 3. The first-order valence-corrected chi connectivity index (χ1v) is 11.0. The number of nitrogens with zero attached hydrogens (tertiary/aromatic N) is 4. The molecule has 1 atom stereocenters. The van der Waals surface area contributed by atoms with Crippen molar-refractivity contribution >= 4 is 5.91 Å². The maximum absolute atomic E-state index is 14.0. The number of amides is 1. The van der Waals surface area contributed by atoms with Gasteiger partial charge in [-0.3, -0.25) is 4.79 Å². The van der Waals surface area contributed by atoms with E-state index in [0.717, 1.165) is 24.5 Å². The van der Waals surface area contributed by atoms with Crippen LogP contribution in [0.5, 0.6) is 5.75 Å². The maximum atomic E-state index is 14.0. The van der Waals surface area contributed by atoms with Gasteiger partial charge in [0.25, 0.3) is 5.91 Å². The van der Waals surface area contributed by atoms with E-state index in [-0.39, 0.29) is 24.1 Å². The van der Waals surface area contributed by atoms with Crippen molar-refractivity contribution in [2.45, 2.75) is 25.5 Å². The summed E-state index contributed by atoms with van der Waals surface area (Å²) in [7, 11) is 0. The number of aromatic nitrogens is 4. The molecule has 10 heteroatoms. The van der Waals surface area contributed by atoms with Crippen LogP contribution in [0.2, 0.25) is 0 Å². The van der Waals surface area contributed by atoms with Gasteiger partial charge < -0.3 is 9.64 Å². The lowest BCUT2D eigenvalue weighted by molar-refractivity contribution is 0.0729. The Kier molecular flexibility index (Phi) is 6.17. The summed E-state index contributed by atoms with van der Waals surface area (Å²) in [6.45, 7) is 0.825. The number of tetrazole rings is 1. The molecule has 1 aliphatic rings. The molecule has 1 N–H and O–H groups in total. The highest BCUT2D eigenvalue weighted by molar-refractivity contribution is 5.94. The molecule has 7 nitrogen and oxygen atoms in total. The van der Waals surface area contributed by atoms with Gasteiger partial charge in [-0.05, 0) is 64.7 Å². The Balaban J connectivity index is 1.26. The number of carbonyl (C=O) groups is 1. The van der Waals surface area contributed by atoms with Crippen molar-refractivity contribution in [1.29, 1.82) is 0 Å². The summed E-state index contributed by atoms with van der Waals surface area (Å²) in [6.07, 6.45) is 1.65. The van der Waals surface area contributed by atoms with E-state index in [9.17, 15) is 18.0 Å². The van der Waals surface area contributed by atoms with Gasteiger partial charge in [0.05, 0.1) is 6.04 Å². The van der Waals surface area contributed by atoms with Crippen LogP contribution in [0.1, 0.15) is 40.6 Å². The van der Waals surface area contributed by atoms with Gasteiger partial charge in [0.2, 0.25) is 0 Å². The number of H-pyrrole nitrogens is 1. The van der Waals surface area contributed by atoms with Crippen LogP contribution in [0.15, 0.2) is 60.7 Å². The third-order valence-electron chi connectivity index (χ3n) is 5.95. The highest BCUT2D eigenvalue weighted by Crippen LogP contribution is 2.31. The van der Waals surface area contributed by atoms with E-state index in [1.165, 1.54) is 0 Å². The molecule has 5 rings (SSSR count). The molecule has 0 saturated carbocycles. The number of rotatable bonds is 6. The Morgan fingerprint density at radius 3 is 2.60 bits per heavy atom. The average Bonchev–Trinajstić information content (AvgIpc) is 3.57. The number of hydrogen-bond acceptors (Lipinski definition) is 5. The molecule has 2 heterocycles. The average molecular weight is 479 g/mol. The molecule has 0 spiro atoms. The number of nitrogens with one attached hydrogen (secondary N) is 1. The fraction of sp³-hybridized carbons (Fsp3) is 0.200. The fourth-order valence-corrected chi connectivity index (χ4v) is 4.20. The second kappa shape index (κ2) is 9.57. The smallest absolute Gasteiger partial charge is 0.254 e. The molecule has 1 saturated heterocycles. The topological polar surface area (TPSA) is 84.0 Å². The van der Waals surface area contributed by atoms with Gasteiger partial charge in [-0.15, -0.1) is 5.10 Å².